The number of alkyl halides is 1. The maximum atomic E-state index is 11.8. The van der Waals surface area contributed by atoms with Crippen LogP contribution in [0.4, 0.5) is 11.4 Å². The van der Waals surface area contributed by atoms with Crippen molar-refractivity contribution in [3.63, 3.8) is 0 Å². The molecular formula is C10H7Br2ClN2O3. The second-order valence-electron chi connectivity index (χ2n) is 3.82. The van der Waals surface area contributed by atoms with Gasteiger partial charge in [-0.15, -0.1) is 0 Å². The first kappa shape index (κ1) is 13.8. The van der Waals surface area contributed by atoms with E-state index in [1.807, 2.05) is 0 Å². The van der Waals surface area contributed by atoms with Gasteiger partial charge in [-0.05, 0) is 6.07 Å². The lowest BCUT2D eigenvalue weighted by atomic mass is 10.2. The molecule has 1 aliphatic rings. The van der Waals surface area contributed by atoms with Gasteiger partial charge in [0, 0.05) is 28.3 Å². The van der Waals surface area contributed by atoms with Crippen LogP contribution in [0.3, 0.4) is 0 Å². The Kier molecular flexibility index (Phi) is 3.93. The third-order valence-corrected chi connectivity index (χ3v) is 3.91. The molecule has 1 fully saturated rings. The molecule has 0 aromatic heterocycles. The molecule has 1 amide bonds. The van der Waals surface area contributed by atoms with Crippen molar-refractivity contribution in [2.24, 2.45) is 0 Å². The summed E-state index contributed by atoms with van der Waals surface area (Å²) in [5.41, 5.74) is -0.0128. The summed E-state index contributed by atoms with van der Waals surface area (Å²) in [4.78, 5) is 23.7. The van der Waals surface area contributed by atoms with E-state index in [4.69, 9.17) is 11.6 Å². The summed E-state index contributed by atoms with van der Waals surface area (Å²) in [6.45, 7) is 0.376. The number of hydrogen-bond acceptors (Lipinski definition) is 3. The van der Waals surface area contributed by atoms with Crippen LogP contribution in [0.1, 0.15) is 6.42 Å². The molecular weight excluding hydrogens is 391 g/mol. The SMILES string of the molecule is O=C1CC(Br)CN1c1c(Cl)cc(Br)cc1[N+](=O)[O-]. The Morgan fingerprint density at radius 1 is 1.50 bits per heavy atom. The number of nitro benzene ring substituents is 1. The topological polar surface area (TPSA) is 63.5 Å². The minimum absolute atomic E-state index is 0.00989. The fourth-order valence-electron chi connectivity index (χ4n) is 1.84. The van der Waals surface area contributed by atoms with Gasteiger partial charge in [-0.3, -0.25) is 14.9 Å². The zero-order chi connectivity index (χ0) is 13.4. The Morgan fingerprint density at radius 2 is 2.17 bits per heavy atom. The third kappa shape index (κ3) is 2.53. The number of carbonyl (C=O) groups is 1. The highest BCUT2D eigenvalue weighted by molar-refractivity contribution is 9.10. The number of nitro groups is 1. The Labute approximate surface area is 124 Å². The minimum atomic E-state index is -0.541. The molecule has 0 saturated carbocycles. The number of carbonyl (C=O) groups excluding carboxylic acids is 1. The fourth-order valence-corrected chi connectivity index (χ4v) is 3.30. The number of benzene rings is 1. The zero-order valence-corrected chi connectivity index (χ0v) is 12.8. The summed E-state index contributed by atoms with van der Waals surface area (Å²) in [6.07, 6.45) is 0.309. The van der Waals surface area contributed by atoms with Gasteiger partial charge in [0.1, 0.15) is 5.69 Å². The van der Waals surface area contributed by atoms with E-state index in [0.29, 0.717) is 17.4 Å². The van der Waals surface area contributed by atoms with Crippen LogP contribution in [0.15, 0.2) is 16.6 Å². The average molecular weight is 398 g/mol. The van der Waals surface area contributed by atoms with Crippen molar-refractivity contribution in [2.45, 2.75) is 11.2 Å². The molecule has 1 heterocycles. The van der Waals surface area contributed by atoms with Gasteiger partial charge in [0.2, 0.25) is 5.91 Å². The zero-order valence-electron chi connectivity index (χ0n) is 8.90. The lowest BCUT2D eigenvalue weighted by Gasteiger charge is -2.17. The van der Waals surface area contributed by atoms with Crippen molar-refractivity contribution >= 4 is 60.7 Å². The summed E-state index contributed by atoms with van der Waals surface area (Å²) >= 11 is 12.5. The molecule has 1 aromatic rings. The predicted molar refractivity (Wildman–Crippen MR) is 75.5 cm³/mol. The third-order valence-electron chi connectivity index (χ3n) is 2.55. The Morgan fingerprint density at radius 3 is 2.67 bits per heavy atom. The molecule has 2 rings (SSSR count). The van der Waals surface area contributed by atoms with E-state index in [1.54, 1.807) is 6.07 Å². The molecule has 1 aliphatic heterocycles. The van der Waals surface area contributed by atoms with Gasteiger partial charge in [-0.1, -0.05) is 43.5 Å². The van der Waals surface area contributed by atoms with Gasteiger partial charge in [0.15, 0.2) is 0 Å². The summed E-state index contributed by atoms with van der Waals surface area (Å²) in [5, 5.41) is 11.2. The van der Waals surface area contributed by atoms with Crippen LogP contribution in [0.5, 0.6) is 0 Å². The van der Waals surface area contributed by atoms with E-state index < -0.39 is 4.92 Å². The second kappa shape index (κ2) is 5.14. The Balaban J connectivity index is 2.56. The molecule has 5 nitrogen and oxygen atoms in total. The first-order chi connectivity index (χ1) is 8.40. The molecule has 96 valence electrons. The van der Waals surface area contributed by atoms with Crippen LogP contribution >= 0.6 is 43.5 Å². The van der Waals surface area contributed by atoms with E-state index in [-0.39, 0.29) is 27.1 Å². The largest absolute Gasteiger partial charge is 0.304 e. The standard InChI is InChI=1S/C10H7Br2ClN2O3/c11-5-1-7(13)10(8(2-5)15(17)18)14-4-6(12)3-9(14)16/h1-2,6H,3-4H2. The summed E-state index contributed by atoms with van der Waals surface area (Å²) in [6, 6.07) is 2.88. The van der Waals surface area contributed by atoms with E-state index in [2.05, 4.69) is 31.9 Å². The van der Waals surface area contributed by atoms with Crippen LogP contribution in [0.2, 0.25) is 5.02 Å². The maximum absolute atomic E-state index is 11.8. The second-order valence-corrected chi connectivity index (χ2v) is 6.44. The number of nitrogens with zero attached hydrogens (tertiary/aromatic N) is 2. The molecule has 0 bridgehead atoms. The molecule has 8 heteroatoms. The molecule has 0 aliphatic carbocycles. The van der Waals surface area contributed by atoms with Crippen LogP contribution in [-0.2, 0) is 4.79 Å². The molecule has 0 radical (unpaired) electrons. The first-order valence-electron chi connectivity index (χ1n) is 4.98. The summed E-state index contributed by atoms with van der Waals surface area (Å²) in [5.74, 6) is -0.177. The number of hydrogen-bond donors (Lipinski definition) is 0. The molecule has 1 unspecified atom stereocenters. The number of halogens is 3. The van der Waals surface area contributed by atoms with Gasteiger partial charge in [0.05, 0.1) is 9.95 Å². The average Bonchev–Trinajstić information content (AvgIpc) is 2.56. The monoisotopic (exact) mass is 396 g/mol. The van der Waals surface area contributed by atoms with Crippen molar-refractivity contribution in [1.82, 2.24) is 0 Å². The van der Waals surface area contributed by atoms with Crippen LogP contribution in [0.25, 0.3) is 0 Å². The highest BCUT2D eigenvalue weighted by Gasteiger charge is 2.34. The van der Waals surface area contributed by atoms with Crippen LogP contribution in [0, 0.1) is 10.1 Å². The smallest absolute Gasteiger partial charge is 0.295 e. The molecule has 18 heavy (non-hydrogen) atoms. The Bertz CT molecular complexity index is 538. The van der Waals surface area contributed by atoms with Crippen molar-refractivity contribution in [3.8, 4) is 0 Å². The van der Waals surface area contributed by atoms with Gasteiger partial charge < -0.3 is 4.90 Å². The van der Waals surface area contributed by atoms with Crippen molar-refractivity contribution in [2.75, 3.05) is 11.4 Å². The molecule has 0 N–H and O–H groups in total. The molecule has 0 spiro atoms. The fraction of sp³-hybridized carbons (Fsp3) is 0.300. The minimum Gasteiger partial charge on any atom is -0.304 e. The number of anilines is 1. The van der Waals surface area contributed by atoms with Crippen molar-refractivity contribution < 1.29 is 9.72 Å². The molecule has 1 atom stereocenters. The first-order valence-corrected chi connectivity index (χ1v) is 7.06. The molecule has 1 aromatic carbocycles. The lowest BCUT2D eigenvalue weighted by Crippen LogP contribution is -2.25. The number of amides is 1. The van der Waals surface area contributed by atoms with Crippen LogP contribution in [-0.4, -0.2) is 22.2 Å². The summed E-state index contributed by atoms with van der Waals surface area (Å²) in [7, 11) is 0. The van der Waals surface area contributed by atoms with E-state index >= 15 is 0 Å². The number of rotatable bonds is 2. The highest BCUT2D eigenvalue weighted by atomic mass is 79.9. The summed E-state index contributed by atoms with van der Waals surface area (Å²) < 4.78 is 0.505. The maximum Gasteiger partial charge on any atom is 0.295 e. The van der Waals surface area contributed by atoms with Gasteiger partial charge >= 0.3 is 0 Å². The molecule has 1 saturated heterocycles. The normalized spacial score (nSPS) is 19.4. The van der Waals surface area contributed by atoms with Gasteiger partial charge in [-0.25, -0.2) is 0 Å². The van der Waals surface area contributed by atoms with E-state index in [9.17, 15) is 14.9 Å². The van der Waals surface area contributed by atoms with Gasteiger partial charge in [-0.2, -0.15) is 0 Å². The quantitative estimate of drug-likeness (QED) is 0.435. The predicted octanol–water partition coefficient (Wildman–Crippen LogP) is 3.51. The lowest BCUT2D eigenvalue weighted by molar-refractivity contribution is -0.384. The Hall–Kier alpha value is -0.660. The van der Waals surface area contributed by atoms with E-state index in [1.165, 1.54) is 11.0 Å². The van der Waals surface area contributed by atoms with E-state index in [0.717, 1.165) is 0 Å². The van der Waals surface area contributed by atoms with Crippen molar-refractivity contribution in [3.05, 3.63) is 31.7 Å². The van der Waals surface area contributed by atoms with Gasteiger partial charge in [0.25, 0.3) is 5.69 Å². The highest BCUT2D eigenvalue weighted by Crippen LogP contribution is 2.40. The van der Waals surface area contributed by atoms with Crippen LogP contribution < -0.4 is 4.90 Å². The van der Waals surface area contributed by atoms with Crippen molar-refractivity contribution in [1.29, 1.82) is 0 Å².